The highest BCUT2D eigenvalue weighted by Gasteiger charge is 2.18. The Bertz CT molecular complexity index is 604. The molecule has 0 aromatic carbocycles. The lowest BCUT2D eigenvalue weighted by Crippen LogP contribution is -2.40. The van der Waals surface area contributed by atoms with E-state index in [9.17, 15) is 9.59 Å². The number of carboxylic acids is 1. The molecule has 1 atom stereocenters. The number of rotatable bonds is 11. The number of anilines is 1. The SMILES string of the molecule is CCC(=O)NC(CCCCCCCc1ccc2c(n1)NCCC2)C(=O)O. The number of fused-ring (bicyclic) bond motifs is 1. The third-order valence-electron chi connectivity index (χ3n) is 4.83. The first-order valence-electron chi connectivity index (χ1n) is 9.85. The third kappa shape index (κ3) is 6.65. The summed E-state index contributed by atoms with van der Waals surface area (Å²) in [6.07, 6.45) is 9.20. The molecule has 2 heterocycles. The predicted molar refractivity (Wildman–Crippen MR) is 102 cm³/mol. The van der Waals surface area contributed by atoms with Crippen LogP contribution in [0.1, 0.15) is 69.5 Å². The highest BCUT2D eigenvalue weighted by atomic mass is 16.4. The number of nitrogens with zero attached hydrogens (tertiary/aromatic N) is 1. The van der Waals surface area contributed by atoms with Gasteiger partial charge < -0.3 is 15.7 Å². The first-order valence-corrected chi connectivity index (χ1v) is 9.85. The Labute approximate surface area is 155 Å². The summed E-state index contributed by atoms with van der Waals surface area (Å²) in [7, 11) is 0. The van der Waals surface area contributed by atoms with Crippen LogP contribution in [0.5, 0.6) is 0 Å². The number of aryl methyl sites for hydroxylation is 2. The van der Waals surface area contributed by atoms with Crippen LogP contribution in [0.2, 0.25) is 0 Å². The van der Waals surface area contributed by atoms with Gasteiger partial charge in [0.2, 0.25) is 5.91 Å². The lowest BCUT2D eigenvalue weighted by molar-refractivity contribution is -0.142. The molecule has 1 aromatic heterocycles. The molecule has 1 amide bonds. The van der Waals surface area contributed by atoms with Gasteiger partial charge in [-0.3, -0.25) is 4.79 Å². The number of carbonyl (C=O) groups excluding carboxylic acids is 1. The van der Waals surface area contributed by atoms with E-state index in [1.54, 1.807) is 6.92 Å². The lowest BCUT2D eigenvalue weighted by atomic mass is 10.0. The minimum Gasteiger partial charge on any atom is -0.480 e. The third-order valence-corrected chi connectivity index (χ3v) is 4.83. The summed E-state index contributed by atoms with van der Waals surface area (Å²) in [4.78, 5) is 27.2. The summed E-state index contributed by atoms with van der Waals surface area (Å²) in [5.74, 6) is -0.0917. The monoisotopic (exact) mass is 361 g/mol. The van der Waals surface area contributed by atoms with E-state index in [4.69, 9.17) is 10.1 Å². The van der Waals surface area contributed by atoms with Crippen LogP contribution in [0.4, 0.5) is 5.82 Å². The summed E-state index contributed by atoms with van der Waals surface area (Å²) in [5.41, 5.74) is 2.47. The molecule has 6 heteroatoms. The van der Waals surface area contributed by atoms with Gasteiger partial charge in [-0.2, -0.15) is 0 Å². The molecule has 0 spiro atoms. The lowest BCUT2D eigenvalue weighted by Gasteiger charge is -2.17. The van der Waals surface area contributed by atoms with E-state index in [0.717, 1.165) is 63.0 Å². The average Bonchev–Trinajstić information content (AvgIpc) is 2.65. The van der Waals surface area contributed by atoms with Crippen molar-refractivity contribution in [3.8, 4) is 0 Å². The van der Waals surface area contributed by atoms with Gasteiger partial charge in [0, 0.05) is 18.7 Å². The highest BCUT2D eigenvalue weighted by Crippen LogP contribution is 2.20. The largest absolute Gasteiger partial charge is 0.480 e. The van der Waals surface area contributed by atoms with Gasteiger partial charge in [0.05, 0.1) is 0 Å². The fraction of sp³-hybridized carbons (Fsp3) is 0.650. The van der Waals surface area contributed by atoms with E-state index >= 15 is 0 Å². The van der Waals surface area contributed by atoms with Crippen LogP contribution in [0.15, 0.2) is 12.1 Å². The molecule has 6 nitrogen and oxygen atoms in total. The summed E-state index contributed by atoms with van der Waals surface area (Å²) in [6, 6.07) is 3.58. The van der Waals surface area contributed by atoms with Crippen molar-refractivity contribution in [3.63, 3.8) is 0 Å². The van der Waals surface area contributed by atoms with Gasteiger partial charge in [0.15, 0.2) is 0 Å². The summed E-state index contributed by atoms with van der Waals surface area (Å²) < 4.78 is 0. The number of carbonyl (C=O) groups is 2. The molecule has 0 bridgehead atoms. The van der Waals surface area contributed by atoms with Crippen molar-refractivity contribution in [1.29, 1.82) is 0 Å². The van der Waals surface area contributed by atoms with Crippen LogP contribution in [0.3, 0.4) is 0 Å². The van der Waals surface area contributed by atoms with E-state index in [-0.39, 0.29) is 5.91 Å². The predicted octanol–water partition coefficient (Wildman–Crippen LogP) is 3.30. The molecule has 144 valence electrons. The second-order valence-electron chi connectivity index (χ2n) is 6.96. The molecule has 26 heavy (non-hydrogen) atoms. The second kappa shape index (κ2) is 10.8. The van der Waals surface area contributed by atoms with Crippen molar-refractivity contribution in [1.82, 2.24) is 10.3 Å². The Hall–Kier alpha value is -2.11. The zero-order chi connectivity index (χ0) is 18.8. The number of amides is 1. The molecule has 0 saturated heterocycles. The Morgan fingerprint density at radius 3 is 2.77 bits per heavy atom. The summed E-state index contributed by atoms with van der Waals surface area (Å²) in [6.45, 7) is 2.74. The molecule has 3 N–H and O–H groups in total. The quantitative estimate of drug-likeness (QED) is 0.526. The van der Waals surface area contributed by atoms with Crippen LogP contribution in [-0.4, -0.2) is 34.6 Å². The number of hydrogen-bond acceptors (Lipinski definition) is 4. The van der Waals surface area contributed by atoms with Crippen LogP contribution in [0, 0.1) is 0 Å². The first kappa shape index (κ1) is 20.2. The van der Waals surface area contributed by atoms with Gasteiger partial charge in [-0.15, -0.1) is 0 Å². The van der Waals surface area contributed by atoms with E-state index in [1.165, 1.54) is 12.0 Å². The van der Waals surface area contributed by atoms with Gasteiger partial charge in [-0.25, -0.2) is 9.78 Å². The Morgan fingerprint density at radius 2 is 2.00 bits per heavy atom. The van der Waals surface area contributed by atoms with Crippen LogP contribution in [0.25, 0.3) is 0 Å². The molecule has 0 saturated carbocycles. The molecule has 1 aliphatic heterocycles. The maximum absolute atomic E-state index is 11.3. The van der Waals surface area contributed by atoms with Crippen LogP contribution in [-0.2, 0) is 22.4 Å². The number of aliphatic carboxylic acids is 1. The molecular formula is C20H31N3O3. The fourth-order valence-corrected chi connectivity index (χ4v) is 3.25. The summed E-state index contributed by atoms with van der Waals surface area (Å²) in [5, 5.41) is 15.1. The van der Waals surface area contributed by atoms with E-state index in [0.29, 0.717) is 12.8 Å². The zero-order valence-electron chi connectivity index (χ0n) is 15.7. The highest BCUT2D eigenvalue weighted by molar-refractivity contribution is 5.83. The fourth-order valence-electron chi connectivity index (χ4n) is 3.25. The number of carboxylic acid groups (broad SMARTS) is 1. The molecule has 1 aliphatic rings. The molecule has 2 rings (SSSR count). The summed E-state index contributed by atoms with van der Waals surface area (Å²) >= 11 is 0. The molecule has 0 aliphatic carbocycles. The number of aromatic nitrogens is 1. The number of unbranched alkanes of at least 4 members (excludes halogenated alkanes) is 4. The average molecular weight is 361 g/mol. The Balaban J connectivity index is 1.59. The molecular weight excluding hydrogens is 330 g/mol. The molecule has 1 aromatic rings. The van der Waals surface area contributed by atoms with Crippen molar-refractivity contribution >= 4 is 17.7 Å². The van der Waals surface area contributed by atoms with Crippen molar-refractivity contribution < 1.29 is 14.7 Å². The molecule has 0 radical (unpaired) electrons. The number of hydrogen-bond donors (Lipinski definition) is 3. The maximum Gasteiger partial charge on any atom is 0.326 e. The topological polar surface area (TPSA) is 91.3 Å². The van der Waals surface area contributed by atoms with Gasteiger partial charge in [-0.05, 0) is 43.7 Å². The second-order valence-corrected chi connectivity index (χ2v) is 6.96. The smallest absolute Gasteiger partial charge is 0.326 e. The standard InChI is InChI=1S/C20H31N3O3/c1-2-18(24)23-17(20(25)26)11-7-5-3-4-6-10-16-13-12-15-9-8-14-21-19(15)22-16/h12-13,17H,2-11,14H2,1H3,(H,21,22)(H,23,24)(H,25,26). The Morgan fingerprint density at radius 1 is 1.23 bits per heavy atom. The maximum atomic E-state index is 11.3. The van der Waals surface area contributed by atoms with Crippen LogP contribution < -0.4 is 10.6 Å². The van der Waals surface area contributed by atoms with E-state index in [1.807, 2.05) is 0 Å². The van der Waals surface area contributed by atoms with Gasteiger partial charge in [0.25, 0.3) is 0 Å². The van der Waals surface area contributed by atoms with Gasteiger partial charge in [0.1, 0.15) is 11.9 Å². The van der Waals surface area contributed by atoms with Crippen molar-refractivity contribution in [2.75, 3.05) is 11.9 Å². The zero-order valence-corrected chi connectivity index (χ0v) is 15.7. The van der Waals surface area contributed by atoms with E-state index < -0.39 is 12.0 Å². The van der Waals surface area contributed by atoms with Crippen molar-refractivity contribution in [2.24, 2.45) is 0 Å². The molecule has 0 fully saturated rings. The minimum absolute atomic E-state index is 0.204. The van der Waals surface area contributed by atoms with Gasteiger partial charge >= 0.3 is 5.97 Å². The number of pyridine rings is 1. The van der Waals surface area contributed by atoms with Crippen molar-refractivity contribution in [3.05, 3.63) is 23.4 Å². The van der Waals surface area contributed by atoms with Crippen molar-refractivity contribution in [2.45, 2.75) is 77.2 Å². The normalized spacial score (nSPS) is 14.2. The minimum atomic E-state index is -0.945. The molecule has 1 unspecified atom stereocenters. The van der Waals surface area contributed by atoms with Crippen LogP contribution >= 0.6 is 0 Å². The van der Waals surface area contributed by atoms with E-state index in [2.05, 4.69) is 22.8 Å². The van der Waals surface area contributed by atoms with Gasteiger partial charge in [-0.1, -0.05) is 38.7 Å². The number of nitrogens with one attached hydrogen (secondary N) is 2. The first-order chi connectivity index (χ1) is 12.6. The Kier molecular flexibility index (Phi) is 8.38.